The van der Waals surface area contributed by atoms with E-state index < -0.39 is 0 Å². The van der Waals surface area contributed by atoms with Crippen LogP contribution in [-0.4, -0.2) is 24.3 Å². The van der Waals surface area contributed by atoms with Crippen molar-refractivity contribution in [2.24, 2.45) is 0 Å². The Morgan fingerprint density at radius 2 is 2.28 bits per heavy atom. The minimum Gasteiger partial charge on any atom is -0.376 e. The van der Waals surface area contributed by atoms with Crippen LogP contribution in [0.2, 0.25) is 0 Å². The maximum Gasteiger partial charge on any atom is 0.255 e. The average molecular weight is 250 g/mol. The summed E-state index contributed by atoms with van der Waals surface area (Å²) >= 11 is 0. The third-order valence-corrected chi connectivity index (χ3v) is 3.59. The van der Waals surface area contributed by atoms with Gasteiger partial charge in [-0.2, -0.15) is 0 Å². The minimum atomic E-state index is 0.123. The van der Waals surface area contributed by atoms with Gasteiger partial charge in [0.05, 0.1) is 12.6 Å². The first kappa shape index (κ1) is 13.3. The molecule has 4 nitrogen and oxygen atoms in total. The Balaban J connectivity index is 2.33. The molecule has 1 N–H and O–H groups in total. The van der Waals surface area contributed by atoms with E-state index in [0.717, 1.165) is 36.3 Å². The fourth-order valence-corrected chi connectivity index (χ4v) is 2.58. The fourth-order valence-electron chi connectivity index (χ4n) is 2.58. The molecule has 4 heteroatoms. The van der Waals surface area contributed by atoms with Gasteiger partial charge in [0.25, 0.3) is 5.56 Å². The molecule has 0 saturated carbocycles. The molecular formula is C14H22N2O2. The van der Waals surface area contributed by atoms with Crippen LogP contribution in [0.1, 0.15) is 29.7 Å². The summed E-state index contributed by atoms with van der Waals surface area (Å²) in [4.78, 5) is 12.5. The van der Waals surface area contributed by atoms with Crippen LogP contribution in [0.4, 0.5) is 0 Å². The molecule has 1 aromatic rings. The predicted octanol–water partition coefficient (Wildman–Crippen LogP) is 1.36. The van der Waals surface area contributed by atoms with E-state index in [-0.39, 0.29) is 11.7 Å². The number of nitrogens with one attached hydrogen (secondary N) is 1. The second-order valence-corrected chi connectivity index (χ2v) is 5.03. The van der Waals surface area contributed by atoms with Crippen LogP contribution in [0, 0.1) is 13.8 Å². The molecule has 0 bridgehead atoms. The zero-order valence-corrected chi connectivity index (χ0v) is 11.5. The molecule has 1 aliphatic rings. The van der Waals surface area contributed by atoms with Gasteiger partial charge in [-0.3, -0.25) is 4.79 Å². The second-order valence-electron chi connectivity index (χ2n) is 5.03. The van der Waals surface area contributed by atoms with E-state index in [1.54, 1.807) is 0 Å². The van der Waals surface area contributed by atoms with Crippen LogP contribution in [0.5, 0.6) is 0 Å². The molecule has 18 heavy (non-hydrogen) atoms. The average Bonchev–Trinajstić information content (AvgIpc) is 2.83. The Morgan fingerprint density at radius 1 is 1.50 bits per heavy atom. The number of nitrogens with zero attached hydrogens (tertiary/aromatic N) is 1. The van der Waals surface area contributed by atoms with E-state index in [1.807, 2.05) is 25.5 Å². The summed E-state index contributed by atoms with van der Waals surface area (Å²) in [5.41, 5.74) is 3.07. The normalized spacial score (nSPS) is 19.4. The van der Waals surface area contributed by atoms with E-state index in [2.05, 4.69) is 11.4 Å². The molecule has 1 fully saturated rings. The lowest BCUT2D eigenvalue weighted by atomic mass is 10.1. The van der Waals surface area contributed by atoms with Gasteiger partial charge in [0.1, 0.15) is 0 Å². The van der Waals surface area contributed by atoms with E-state index in [1.165, 1.54) is 0 Å². The van der Waals surface area contributed by atoms with Crippen molar-refractivity contribution in [2.75, 3.05) is 13.7 Å². The summed E-state index contributed by atoms with van der Waals surface area (Å²) in [6.45, 7) is 6.12. The zero-order valence-electron chi connectivity index (χ0n) is 11.5. The van der Waals surface area contributed by atoms with Gasteiger partial charge >= 0.3 is 0 Å². The standard InChI is InChI=1S/C14H22N2O2/c1-10-7-11(2)16(9-12-5-4-6-18-12)14(17)13(10)8-15-3/h7,12,15H,4-6,8-9H2,1-3H3. The fraction of sp³-hybridized carbons (Fsp3) is 0.643. The van der Waals surface area contributed by atoms with Gasteiger partial charge < -0.3 is 14.6 Å². The second kappa shape index (κ2) is 5.67. The summed E-state index contributed by atoms with van der Waals surface area (Å²) < 4.78 is 7.48. The van der Waals surface area contributed by atoms with Gasteiger partial charge in [0.15, 0.2) is 0 Å². The predicted molar refractivity (Wildman–Crippen MR) is 71.9 cm³/mol. The van der Waals surface area contributed by atoms with Crippen LogP contribution in [0.25, 0.3) is 0 Å². The summed E-state index contributed by atoms with van der Waals surface area (Å²) in [5.74, 6) is 0. The molecule has 1 unspecified atom stereocenters. The van der Waals surface area contributed by atoms with E-state index in [9.17, 15) is 4.79 Å². The van der Waals surface area contributed by atoms with Crippen LogP contribution in [0.15, 0.2) is 10.9 Å². The number of hydrogen-bond donors (Lipinski definition) is 1. The first-order valence-corrected chi connectivity index (χ1v) is 6.59. The van der Waals surface area contributed by atoms with Gasteiger partial charge in [-0.1, -0.05) is 0 Å². The largest absolute Gasteiger partial charge is 0.376 e. The molecule has 0 aliphatic carbocycles. The molecule has 1 aliphatic heterocycles. The van der Waals surface area contributed by atoms with Crippen molar-refractivity contribution in [3.63, 3.8) is 0 Å². The lowest BCUT2D eigenvalue weighted by Crippen LogP contribution is -2.32. The van der Waals surface area contributed by atoms with Gasteiger partial charge in [-0.25, -0.2) is 0 Å². The zero-order chi connectivity index (χ0) is 13.1. The summed E-state index contributed by atoms with van der Waals surface area (Å²) in [6, 6.07) is 2.09. The third-order valence-electron chi connectivity index (χ3n) is 3.59. The molecule has 100 valence electrons. The third kappa shape index (κ3) is 2.65. The number of aromatic nitrogens is 1. The molecule has 1 saturated heterocycles. The van der Waals surface area contributed by atoms with Crippen LogP contribution in [-0.2, 0) is 17.8 Å². The van der Waals surface area contributed by atoms with Crippen molar-refractivity contribution in [2.45, 2.75) is 45.9 Å². The van der Waals surface area contributed by atoms with Gasteiger partial charge in [0.2, 0.25) is 0 Å². The maximum atomic E-state index is 12.5. The van der Waals surface area contributed by atoms with E-state index in [4.69, 9.17) is 4.74 Å². The van der Waals surface area contributed by atoms with Gasteiger partial charge in [0, 0.05) is 24.4 Å². The lowest BCUT2D eigenvalue weighted by Gasteiger charge is -2.17. The highest BCUT2D eigenvalue weighted by Gasteiger charge is 2.18. The van der Waals surface area contributed by atoms with Crippen molar-refractivity contribution in [1.82, 2.24) is 9.88 Å². The van der Waals surface area contributed by atoms with Crippen molar-refractivity contribution in [1.29, 1.82) is 0 Å². The topological polar surface area (TPSA) is 43.3 Å². The van der Waals surface area contributed by atoms with Crippen molar-refractivity contribution in [3.05, 3.63) is 33.2 Å². The Kier molecular flexibility index (Phi) is 4.19. The molecular weight excluding hydrogens is 228 g/mol. The van der Waals surface area contributed by atoms with Crippen LogP contribution >= 0.6 is 0 Å². The highest BCUT2D eigenvalue weighted by atomic mass is 16.5. The van der Waals surface area contributed by atoms with Crippen molar-refractivity contribution < 1.29 is 4.74 Å². The first-order chi connectivity index (χ1) is 8.63. The summed E-state index contributed by atoms with van der Waals surface area (Å²) in [6.07, 6.45) is 2.36. The molecule has 2 heterocycles. The van der Waals surface area contributed by atoms with Gasteiger partial charge in [-0.05, 0) is 45.4 Å². The number of aryl methyl sites for hydroxylation is 2. The number of pyridine rings is 1. The Bertz CT molecular complexity index is 473. The maximum absolute atomic E-state index is 12.5. The van der Waals surface area contributed by atoms with E-state index in [0.29, 0.717) is 13.1 Å². The van der Waals surface area contributed by atoms with Gasteiger partial charge in [-0.15, -0.1) is 0 Å². The van der Waals surface area contributed by atoms with Crippen molar-refractivity contribution in [3.8, 4) is 0 Å². The minimum absolute atomic E-state index is 0.123. The highest BCUT2D eigenvalue weighted by Crippen LogP contribution is 2.15. The highest BCUT2D eigenvalue weighted by molar-refractivity contribution is 5.26. The molecule has 0 amide bonds. The summed E-state index contributed by atoms with van der Waals surface area (Å²) in [7, 11) is 1.86. The quantitative estimate of drug-likeness (QED) is 0.877. The lowest BCUT2D eigenvalue weighted by molar-refractivity contribution is 0.0955. The smallest absolute Gasteiger partial charge is 0.255 e. The Morgan fingerprint density at radius 3 is 2.89 bits per heavy atom. The molecule has 0 aromatic carbocycles. The number of ether oxygens (including phenoxy) is 1. The number of hydrogen-bond acceptors (Lipinski definition) is 3. The van der Waals surface area contributed by atoms with E-state index >= 15 is 0 Å². The van der Waals surface area contributed by atoms with Crippen LogP contribution in [0.3, 0.4) is 0 Å². The SMILES string of the molecule is CNCc1c(C)cc(C)n(CC2CCCO2)c1=O. The first-order valence-electron chi connectivity index (χ1n) is 6.59. The molecule has 0 radical (unpaired) electrons. The Labute approximate surface area is 108 Å². The molecule has 1 atom stereocenters. The summed E-state index contributed by atoms with van der Waals surface area (Å²) in [5, 5.41) is 3.06. The molecule has 2 rings (SSSR count). The van der Waals surface area contributed by atoms with Crippen LogP contribution < -0.4 is 10.9 Å². The molecule has 1 aromatic heterocycles. The number of rotatable bonds is 4. The van der Waals surface area contributed by atoms with Crippen molar-refractivity contribution >= 4 is 0 Å². The molecule has 0 spiro atoms. The Hall–Kier alpha value is -1.13. The monoisotopic (exact) mass is 250 g/mol.